The van der Waals surface area contributed by atoms with Gasteiger partial charge in [-0.3, -0.25) is 0 Å². The number of aliphatic hydroxyl groups is 1. The Kier molecular flexibility index (Phi) is 5.45. The minimum atomic E-state index is -0.828. The van der Waals surface area contributed by atoms with Gasteiger partial charge < -0.3 is 20.6 Å². The average Bonchev–Trinajstić information content (AvgIpc) is 2.35. The van der Waals surface area contributed by atoms with Gasteiger partial charge in [-0.15, -0.1) is 0 Å². The van der Waals surface area contributed by atoms with Gasteiger partial charge in [0.1, 0.15) is 6.33 Å². The van der Waals surface area contributed by atoms with Crippen LogP contribution in [0.4, 0.5) is 11.6 Å². The maximum absolute atomic E-state index is 10.1. The summed E-state index contributed by atoms with van der Waals surface area (Å²) in [6, 6.07) is 0. The predicted octanol–water partition coefficient (Wildman–Crippen LogP) is 0.297. The van der Waals surface area contributed by atoms with Gasteiger partial charge >= 0.3 is 0 Å². The molecule has 0 aliphatic heterocycles. The third-order valence-electron chi connectivity index (χ3n) is 2.24. The van der Waals surface area contributed by atoms with E-state index in [1.54, 1.807) is 18.7 Å². The van der Waals surface area contributed by atoms with Crippen molar-refractivity contribution in [2.45, 2.75) is 12.5 Å². The zero-order valence-corrected chi connectivity index (χ0v) is 11.5. The highest BCUT2D eigenvalue weighted by Gasteiger charge is 2.21. The number of rotatable bonds is 7. The summed E-state index contributed by atoms with van der Waals surface area (Å²) in [5, 5.41) is 13.1. The number of nitrogens with zero attached hydrogens (tertiary/aromatic N) is 2. The third kappa shape index (κ3) is 3.90. The van der Waals surface area contributed by atoms with Crippen LogP contribution in [-0.4, -0.2) is 46.3 Å². The molecule has 1 aromatic heterocycles. The number of methoxy groups -OCH3 is 1. The van der Waals surface area contributed by atoms with Crippen molar-refractivity contribution >= 4 is 23.4 Å². The lowest BCUT2D eigenvalue weighted by Gasteiger charge is -2.23. The number of nitrogens with one attached hydrogen (secondary N) is 2. The van der Waals surface area contributed by atoms with Crippen molar-refractivity contribution in [3.63, 3.8) is 0 Å². The highest BCUT2D eigenvalue weighted by molar-refractivity contribution is 7.98. The second kappa shape index (κ2) is 6.62. The number of aromatic nitrogens is 2. The van der Waals surface area contributed by atoms with Crippen LogP contribution in [0.2, 0.25) is 0 Å². The summed E-state index contributed by atoms with van der Waals surface area (Å²) >= 11 is 1.57. The van der Waals surface area contributed by atoms with Crippen LogP contribution < -0.4 is 21.3 Å². The summed E-state index contributed by atoms with van der Waals surface area (Å²) in [7, 11) is 1.50. The highest BCUT2D eigenvalue weighted by atomic mass is 32.2. The lowest BCUT2D eigenvalue weighted by Crippen LogP contribution is -2.36. The van der Waals surface area contributed by atoms with Gasteiger partial charge in [-0.2, -0.15) is 11.8 Å². The minimum Gasteiger partial charge on any atom is -0.490 e. The van der Waals surface area contributed by atoms with Crippen molar-refractivity contribution in [2.24, 2.45) is 5.84 Å². The molecule has 0 saturated carbocycles. The van der Waals surface area contributed by atoms with Crippen LogP contribution in [0.15, 0.2) is 6.33 Å². The first-order valence-electron chi connectivity index (χ1n) is 5.35. The summed E-state index contributed by atoms with van der Waals surface area (Å²) in [5.41, 5.74) is 1.60. The van der Waals surface area contributed by atoms with Crippen LogP contribution >= 0.6 is 11.8 Å². The molecule has 1 heterocycles. The number of hydrazine groups is 1. The molecule has 0 amide bonds. The number of nitrogen functional groups attached to an aromatic ring is 1. The van der Waals surface area contributed by atoms with Gasteiger partial charge in [0.2, 0.25) is 5.75 Å². The number of anilines is 2. The summed E-state index contributed by atoms with van der Waals surface area (Å²) in [6.07, 6.45) is 3.31. The molecule has 0 spiro atoms. The van der Waals surface area contributed by atoms with E-state index < -0.39 is 5.60 Å². The van der Waals surface area contributed by atoms with Crippen molar-refractivity contribution in [2.75, 3.05) is 36.4 Å². The molecule has 0 aliphatic carbocycles. The molecule has 7 nitrogen and oxygen atoms in total. The average molecular weight is 273 g/mol. The molecule has 0 radical (unpaired) electrons. The fourth-order valence-corrected chi connectivity index (χ4v) is 2.16. The van der Waals surface area contributed by atoms with Crippen LogP contribution in [0.3, 0.4) is 0 Å². The molecule has 0 aliphatic rings. The van der Waals surface area contributed by atoms with Crippen molar-refractivity contribution < 1.29 is 9.84 Å². The first-order chi connectivity index (χ1) is 8.54. The Balaban J connectivity index is 2.78. The third-order valence-corrected chi connectivity index (χ3v) is 3.15. The fourth-order valence-electron chi connectivity index (χ4n) is 1.43. The second-order valence-corrected chi connectivity index (χ2v) is 4.90. The zero-order valence-electron chi connectivity index (χ0n) is 10.7. The smallest absolute Gasteiger partial charge is 0.205 e. The van der Waals surface area contributed by atoms with Crippen molar-refractivity contribution in [1.29, 1.82) is 0 Å². The Morgan fingerprint density at radius 2 is 2.17 bits per heavy atom. The first-order valence-corrected chi connectivity index (χ1v) is 6.74. The van der Waals surface area contributed by atoms with Crippen LogP contribution in [0.1, 0.15) is 6.92 Å². The summed E-state index contributed by atoms with van der Waals surface area (Å²) in [5.74, 6) is 7.24. The van der Waals surface area contributed by atoms with Crippen molar-refractivity contribution in [1.82, 2.24) is 9.97 Å². The number of ether oxygens (including phenoxy) is 1. The highest BCUT2D eigenvalue weighted by Crippen LogP contribution is 2.28. The van der Waals surface area contributed by atoms with Crippen LogP contribution in [0.5, 0.6) is 5.75 Å². The van der Waals surface area contributed by atoms with E-state index in [9.17, 15) is 5.11 Å². The standard InChI is InChI=1S/C10H19N5O2S/c1-10(16,5-18-3)4-12-8-7(17-2)9(15-11)14-6-13-8/h6,16H,4-5,11H2,1-3H3,(H2,12,13,14,15). The van der Waals surface area contributed by atoms with Crippen molar-refractivity contribution in [3.8, 4) is 5.75 Å². The van der Waals surface area contributed by atoms with Gasteiger partial charge in [0, 0.05) is 12.3 Å². The van der Waals surface area contributed by atoms with E-state index in [2.05, 4.69) is 20.7 Å². The van der Waals surface area contributed by atoms with E-state index in [-0.39, 0.29) is 0 Å². The van der Waals surface area contributed by atoms with Gasteiger partial charge in [0.05, 0.1) is 12.7 Å². The Labute approximate surface area is 111 Å². The number of hydrogen-bond acceptors (Lipinski definition) is 8. The van der Waals surface area contributed by atoms with E-state index in [4.69, 9.17) is 10.6 Å². The Bertz CT molecular complexity index is 389. The quantitative estimate of drug-likeness (QED) is 0.415. The van der Waals surface area contributed by atoms with Gasteiger partial charge in [-0.25, -0.2) is 15.8 Å². The van der Waals surface area contributed by atoms with Gasteiger partial charge in [0.25, 0.3) is 0 Å². The molecule has 5 N–H and O–H groups in total. The maximum atomic E-state index is 10.1. The largest absolute Gasteiger partial charge is 0.490 e. The molecule has 18 heavy (non-hydrogen) atoms. The van der Waals surface area contributed by atoms with Crippen LogP contribution in [0.25, 0.3) is 0 Å². The Hall–Kier alpha value is -1.25. The van der Waals surface area contributed by atoms with Crippen LogP contribution in [0, 0.1) is 0 Å². The second-order valence-electron chi connectivity index (χ2n) is 4.03. The molecular formula is C10H19N5O2S. The SMILES string of the molecule is COc1c(NN)ncnc1NCC(C)(O)CSC. The predicted molar refractivity (Wildman–Crippen MR) is 73.9 cm³/mol. The Morgan fingerprint density at radius 1 is 1.50 bits per heavy atom. The van der Waals surface area contributed by atoms with E-state index in [0.717, 1.165) is 0 Å². The summed E-state index contributed by atoms with van der Waals surface area (Å²) < 4.78 is 5.18. The number of nitrogens with two attached hydrogens (primary N) is 1. The summed E-state index contributed by atoms with van der Waals surface area (Å²) in [4.78, 5) is 7.99. The number of hydrogen-bond donors (Lipinski definition) is 4. The topological polar surface area (TPSA) is 105 Å². The zero-order chi connectivity index (χ0) is 13.6. The lowest BCUT2D eigenvalue weighted by atomic mass is 10.1. The van der Waals surface area contributed by atoms with Gasteiger partial charge in [0.15, 0.2) is 11.6 Å². The molecule has 8 heteroatoms. The molecule has 1 atom stereocenters. The van der Waals surface area contributed by atoms with E-state index >= 15 is 0 Å². The molecular weight excluding hydrogens is 254 g/mol. The minimum absolute atomic E-state index is 0.352. The number of thioether (sulfide) groups is 1. The van der Waals surface area contributed by atoms with E-state index in [0.29, 0.717) is 29.7 Å². The first kappa shape index (κ1) is 14.8. The van der Waals surface area contributed by atoms with E-state index in [1.165, 1.54) is 13.4 Å². The molecule has 1 aromatic rings. The van der Waals surface area contributed by atoms with Crippen LogP contribution in [-0.2, 0) is 0 Å². The maximum Gasteiger partial charge on any atom is 0.205 e. The van der Waals surface area contributed by atoms with Crippen molar-refractivity contribution in [3.05, 3.63) is 6.33 Å². The Morgan fingerprint density at radius 3 is 2.72 bits per heavy atom. The normalized spacial score (nSPS) is 13.8. The fraction of sp³-hybridized carbons (Fsp3) is 0.600. The molecule has 1 rings (SSSR count). The van der Waals surface area contributed by atoms with Gasteiger partial charge in [-0.05, 0) is 13.2 Å². The molecule has 0 saturated heterocycles. The monoisotopic (exact) mass is 273 g/mol. The molecule has 0 fully saturated rings. The van der Waals surface area contributed by atoms with E-state index in [1.807, 2.05) is 6.26 Å². The molecule has 0 aromatic carbocycles. The molecule has 0 bridgehead atoms. The molecule has 1 unspecified atom stereocenters. The summed E-state index contributed by atoms with van der Waals surface area (Å²) in [6.45, 7) is 2.11. The molecule has 102 valence electrons. The lowest BCUT2D eigenvalue weighted by molar-refractivity contribution is 0.0995. The van der Waals surface area contributed by atoms with Gasteiger partial charge in [-0.1, -0.05) is 0 Å².